The summed E-state index contributed by atoms with van der Waals surface area (Å²) in [4.78, 5) is 0. The van der Waals surface area contributed by atoms with E-state index in [-0.39, 0.29) is 11.5 Å². The zero-order chi connectivity index (χ0) is 27.6. The fourth-order valence-electron chi connectivity index (χ4n) is 4.83. The summed E-state index contributed by atoms with van der Waals surface area (Å²) in [6, 6.07) is 35.2. The fourth-order valence-corrected chi connectivity index (χ4v) is 5.72. The van der Waals surface area contributed by atoms with E-state index in [0.29, 0.717) is 44.8 Å². The molecule has 198 valence electrons. The Bertz CT molecular complexity index is 1700. The first-order chi connectivity index (χ1) is 19.5. The molecule has 2 N–H and O–H groups in total. The maximum Gasteiger partial charge on any atom is 0.138 e. The third-order valence-corrected chi connectivity index (χ3v) is 8.03. The first-order valence-electron chi connectivity index (χ1n) is 12.7. The summed E-state index contributed by atoms with van der Waals surface area (Å²) in [5.74, 6) is 1.37. The normalized spacial score (nSPS) is 11.2. The average molecular weight is 656 g/mol. The van der Waals surface area contributed by atoms with Gasteiger partial charge in [-0.05, 0) is 101 Å². The van der Waals surface area contributed by atoms with Crippen LogP contribution in [-0.2, 0) is 13.2 Å². The van der Waals surface area contributed by atoms with E-state index in [9.17, 15) is 10.2 Å². The monoisotopic (exact) mass is 654 g/mol. The highest BCUT2D eigenvalue weighted by atomic mass is 79.9. The smallest absolute Gasteiger partial charge is 0.138 e. The summed E-state index contributed by atoms with van der Waals surface area (Å²) in [6.45, 7) is 0.828. The molecule has 0 saturated heterocycles. The Morgan fingerprint density at radius 2 is 0.900 bits per heavy atom. The summed E-state index contributed by atoms with van der Waals surface area (Å²) in [7, 11) is 0. The van der Waals surface area contributed by atoms with Gasteiger partial charge in [-0.3, -0.25) is 0 Å². The van der Waals surface area contributed by atoms with Gasteiger partial charge < -0.3 is 19.7 Å². The molecular formula is C34H24Br2O4. The van der Waals surface area contributed by atoms with Gasteiger partial charge in [0, 0.05) is 11.1 Å². The van der Waals surface area contributed by atoms with Crippen LogP contribution in [0.1, 0.15) is 11.1 Å². The van der Waals surface area contributed by atoms with Crippen LogP contribution in [0.25, 0.3) is 32.7 Å². The van der Waals surface area contributed by atoms with Crippen LogP contribution in [0.5, 0.6) is 23.0 Å². The Hall–Kier alpha value is -4.00. The van der Waals surface area contributed by atoms with Crippen molar-refractivity contribution in [2.45, 2.75) is 13.2 Å². The Kier molecular flexibility index (Phi) is 7.37. The van der Waals surface area contributed by atoms with Gasteiger partial charge in [0.25, 0.3) is 0 Å². The number of hydrogen-bond donors (Lipinski definition) is 2. The number of rotatable bonds is 7. The molecular weight excluding hydrogens is 632 g/mol. The van der Waals surface area contributed by atoms with Gasteiger partial charge in [0.15, 0.2) is 0 Å². The molecule has 40 heavy (non-hydrogen) atoms. The van der Waals surface area contributed by atoms with Crippen molar-refractivity contribution >= 4 is 53.4 Å². The zero-order valence-electron chi connectivity index (χ0n) is 21.3. The Morgan fingerprint density at radius 1 is 0.500 bits per heavy atom. The van der Waals surface area contributed by atoms with E-state index in [1.165, 1.54) is 0 Å². The molecule has 0 aliphatic heterocycles. The summed E-state index contributed by atoms with van der Waals surface area (Å²) in [5.41, 5.74) is 3.11. The number of ether oxygens (including phenoxy) is 2. The lowest BCUT2D eigenvalue weighted by Gasteiger charge is -2.18. The van der Waals surface area contributed by atoms with E-state index in [2.05, 4.69) is 31.9 Å². The molecule has 0 bridgehead atoms. The minimum Gasteiger partial charge on any atom is -0.506 e. The second-order valence-corrected chi connectivity index (χ2v) is 11.2. The van der Waals surface area contributed by atoms with Crippen molar-refractivity contribution in [3.8, 4) is 34.1 Å². The number of aromatic hydroxyl groups is 2. The van der Waals surface area contributed by atoms with Crippen LogP contribution >= 0.6 is 31.9 Å². The lowest BCUT2D eigenvalue weighted by molar-refractivity contribution is 0.306. The molecule has 4 nitrogen and oxygen atoms in total. The van der Waals surface area contributed by atoms with Crippen LogP contribution in [0.2, 0.25) is 0 Å². The predicted octanol–water partition coefficient (Wildman–Crippen LogP) is 9.75. The molecule has 0 aliphatic rings. The van der Waals surface area contributed by atoms with Crippen molar-refractivity contribution in [3.05, 3.63) is 129 Å². The first kappa shape index (κ1) is 26.2. The van der Waals surface area contributed by atoms with Gasteiger partial charge in [0.05, 0.1) is 8.95 Å². The molecule has 6 aromatic carbocycles. The summed E-state index contributed by atoms with van der Waals surface area (Å²) < 4.78 is 13.3. The molecule has 0 unspecified atom stereocenters. The molecule has 6 rings (SSSR count). The lowest BCUT2D eigenvalue weighted by Crippen LogP contribution is -1.96. The number of phenolic OH excluding ortho intramolecular Hbond substituents is 2. The van der Waals surface area contributed by atoms with Crippen molar-refractivity contribution in [1.82, 2.24) is 0 Å². The van der Waals surface area contributed by atoms with Crippen LogP contribution in [0.3, 0.4) is 0 Å². The third-order valence-electron chi connectivity index (χ3n) is 6.83. The highest BCUT2D eigenvalue weighted by molar-refractivity contribution is 9.11. The largest absolute Gasteiger partial charge is 0.506 e. The Labute approximate surface area is 248 Å². The molecule has 0 heterocycles. The van der Waals surface area contributed by atoms with Crippen molar-refractivity contribution in [1.29, 1.82) is 0 Å². The number of fused-ring (bicyclic) bond motifs is 2. The quantitative estimate of drug-likeness (QED) is 0.180. The van der Waals surface area contributed by atoms with Gasteiger partial charge in [-0.1, -0.05) is 72.8 Å². The molecule has 0 aliphatic carbocycles. The molecule has 0 saturated carbocycles. The maximum absolute atomic E-state index is 11.4. The fraction of sp³-hybridized carbons (Fsp3) is 0.0588. The van der Waals surface area contributed by atoms with Crippen molar-refractivity contribution < 1.29 is 19.7 Å². The van der Waals surface area contributed by atoms with Gasteiger partial charge in [-0.2, -0.15) is 0 Å². The Balaban J connectivity index is 1.49. The molecule has 6 heteroatoms. The number of benzene rings is 6. The van der Waals surface area contributed by atoms with Crippen molar-refractivity contribution in [2.24, 2.45) is 0 Å². The third kappa shape index (κ3) is 5.25. The lowest BCUT2D eigenvalue weighted by atomic mass is 9.92. The van der Waals surface area contributed by atoms with E-state index < -0.39 is 0 Å². The van der Waals surface area contributed by atoms with E-state index in [1.54, 1.807) is 0 Å². The molecule has 0 atom stereocenters. The van der Waals surface area contributed by atoms with Gasteiger partial charge in [-0.25, -0.2) is 0 Å². The predicted molar refractivity (Wildman–Crippen MR) is 167 cm³/mol. The first-order valence-corrected chi connectivity index (χ1v) is 14.3. The van der Waals surface area contributed by atoms with Crippen LogP contribution in [0, 0.1) is 0 Å². The SMILES string of the molecule is Oc1c(Br)cc2ccc(OCc3ccccc3)cc2c1-c1c(O)c(Br)cc2ccc(OCc3ccccc3)cc12. The van der Waals surface area contributed by atoms with Gasteiger partial charge in [-0.15, -0.1) is 0 Å². The van der Waals surface area contributed by atoms with E-state index in [1.807, 2.05) is 109 Å². The second kappa shape index (κ2) is 11.2. The van der Waals surface area contributed by atoms with Gasteiger partial charge in [0.2, 0.25) is 0 Å². The minimum atomic E-state index is 0.0259. The zero-order valence-corrected chi connectivity index (χ0v) is 24.4. The molecule has 6 aromatic rings. The average Bonchev–Trinajstić information content (AvgIpc) is 2.98. The highest BCUT2D eigenvalue weighted by Crippen LogP contribution is 2.50. The Morgan fingerprint density at radius 3 is 1.30 bits per heavy atom. The molecule has 0 amide bonds. The van der Waals surface area contributed by atoms with Gasteiger partial charge >= 0.3 is 0 Å². The summed E-state index contributed by atoms with van der Waals surface area (Å²) >= 11 is 7.03. The number of phenols is 2. The van der Waals surface area contributed by atoms with Crippen molar-refractivity contribution in [2.75, 3.05) is 0 Å². The molecule has 0 aromatic heterocycles. The number of halogens is 2. The summed E-state index contributed by atoms with van der Waals surface area (Å²) in [5, 5.41) is 26.1. The van der Waals surface area contributed by atoms with E-state index in [4.69, 9.17) is 9.47 Å². The topological polar surface area (TPSA) is 58.9 Å². The van der Waals surface area contributed by atoms with Crippen LogP contribution in [0.4, 0.5) is 0 Å². The highest BCUT2D eigenvalue weighted by Gasteiger charge is 2.22. The van der Waals surface area contributed by atoms with Gasteiger partial charge in [0.1, 0.15) is 36.2 Å². The minimum absolute atomic E-state index is 0.0259. The van der Waals surface area contributed by atoms with Crippen LogP contribution in [-0.4, -0.2) is 10.2 Å². The molecule has 0 spiro atoms. The molecule has 0 radical (unpaired) electrons. The maximum atomic E-state index is 11.4. The van der Waals surface area contributed by atoms with E-state index >= 15 is 0 Å². The second-order valence-electron chi connectivity index (χ2n) is 9.48. The van der Waals surface area contributed by atoms with E-state index in [0.717, 1.165) is 32.7 Å². The number of hydrogen-bond acceptors (Lipinski definition) is 4. The summed E-state index contributed by atoms with van der Waals surface area (Å²) in [6.07, 6.45) is 0. The molecule has 0 fully saturated rings. The van der Waals surface area contributed by atoms with Crippen LogP contribution in [0.15, 0.2) is 118 Å². The standard InChI is InChI=1S/C34H24Br2O4/c35-29-15-23-11-13-25(39-19-21-7-3-1-4-8-21)17-27(23)31(33(29)37)32-28-18-26(40-20-22-9-5-2-6-10-22)14-12-24(28)16-30(36)34(32)38/h1-18,37-38H,19-20H2. The van der Waals surface area contributed by atoms with Crippen molar-refractivity contribution in [3.63, 3.8) is 0 Å². The van der Waals surface area contributed by atoms with Crippen LogP contribution < -0.4 is 9.47 Å².